The van der Waals surface area contributed by atoms with Crippen molar-refractivity contribution in [1.82, 2.24) is 20.6 Å². The number of aromatic amines is 2. The Balaban J connectivity index is 1.44. The summed E-state index contributed by atoms with van der Waals surface area (Å²) in [7, 11) is 0. The molecule has 0 aliphatic heterocycles. The lowest BCUT2D eigenvalue weighted by molar-refractivity contribution is -0.118. The van der Waals surface area contributed by atoms with E-state index in [0.29, 0.717) is 17.4 Å². The van der Waals surface area contributed by atoms with Gasteiger partial charge >= 0.3 is 5.69 Å². The number of aromatic nitrogens is 3. The van der Waals surface area contributed by atoms with Gasteiger partial charge in [-0.25, -0.2) is 15.3 Å². The molecule has 0 aliphatic carbocycles. The summed E-state index contributed by atoms with van der Waals surface area (Å²) in [6.07, 6.45) is 1.48. The number of benzene rings is 2. The lowest BCUT2D eigenvalue weighted by Gasteiger charge is -2.06. The number of H-pyrrole nitrogens is 2. The molecule has 0 unspecified atom stereocenters. The number of nitrogens with one attached hydrogen (secondary N) is 3. The molecule has 3 aromatic rings. The second-order valence-corrected chi connectivity index (χ2v) is 7.28. The molecular formula is C19H16ClN5O4S. The van der Waals surface area contributed by atoms with E-state index in [1.165, 1.54) is 6.21 Å². The summed E-state index contributed by atoms with van der Waals surface area (Å²) < 4.78 is 5.70. The molecule has 9 nitrogen and oxygen atoms in total. The van der Waals surface area contributed by atoms with Gasteiger partial charge in [0, 0.05) is 5.02 Å². The molecule has 11 heteroatoms. The number of hydrogen-bond donors (Lipinski definition) is 3. The quantitative estimate of drug-likeness (QED) is 0.276. The van der Waals surface area contributed by atoms with Gasteiger partial charge in [-0.05, 0) is 47.5 Å². The zero-order valence-electron chi connectivity index (χ0n) is 15.4. The van der Waals surface area contributed by atoms with E-state index in [-0.39, 0.29) is 10.8 Å². The van der Waals surface area contributed by atoms with Gasteiger partial charge in [-0.1, -0.05) is 35.5 Å². The van der Waals surface area contributed by atoms with E-state index in [0.717, 1.165) is 22.9 Å². The zero-order chi connectivity index (χ0) is 21.3. The SMILES string of the molecule is O=C(CSc1n[nH]c(=O)[nH]c1=O)N/N=C/c1ccc(OCc2ccc(Cl)cc2)cc1. The van der Waals surface area contributed by atoms with Crippen LogP contribution in [0.3, 0.4) is 0 Å². The van der Waals surface area contributed by atoms with E-state index in [2.05, 4.69) is 20.7 Å². The summed E-state index contributed by atoms with van der Waals surface area (Å²) in [5, 5.41) is 10.2. The van der Waals surface area contributed by atoms with Crippen molar-refractivity contribution in [3.63, 3.8) is 0 Å². The van der Waals surface area contributed by atoms with E-state index in [1.807, 2.05) is 29.2 Å². The van der Waals surface area contributed by atoms with Gasteiger partial charge in [0.15, 0.2) is 5.03 Å². The molecule has 0 bridgehead atoms. The average Bonchev–Trinajstić information content (AvgIpc) is 2.74. The smallest absolute Gasteiger partial charge is 0.342 e. The van der Waals surface area contributed by atoms with Crippen LogP contribution in [-0.2, 0) is 11.4 Å². The fourth-order valence-corrected chi connectivity index (χ4v) is 2.93. The third-order valence-electron chi connectivity index (χ3n) is 3.62. The van der Waals surface area contributed by atoms with Crippen molar-refractivity contribution in [3.8, 4) is 5.75 Å². The molecule has 3 rings (SSSR count). The van der Waals surface area contributed by atoms with Crippen LogP contribution in [0.15, 0.2) is 68.2 Å². The van der Waals surface area contributed by atoms with Gasteiger partial charge in [0.25, 0.3) is 5.56 Å². The summed E-state index contributed by atoms with van der Waals surface area (Å²) in [5.74, 6) is 0.185. The molecule has 0 aliphatic rings. The van der Waals surface area contributed by atoms with Crippen LogP contribution in [0, 0.1) is 0 Å². The Morgan fingerprint density at radius 2 is 1.90 bits per heavy atom. The van der Waals surface area contributed by atoms with Crippen LogP contribution in [-0.4, -0.2) is 33.1 Å². The van der Waals surface area contributed by atoms with Crippen LogP contribution in [0.25, 0.3) is 0 Å². The standard InChI is InChI=1S/C19H16ClN5O4S/c20-14-5-1-13(2-6-14)10-29-15-7-3-12(4-8-15)9-21-23-16(26)11-30-18-17(27)22-19(28)25-24-18/h1-9H,10-11H2,(H,23,26)(H2,22,25,27,28)/b21-9+. The topological polar surface area (TPSA) is 129 Å². The number of rotatable bonds is 8. The number of halogens is 1. The Kier molecular flexibility index (Phi) is 7.41. The third-order valence-corrected chi connectivity index (χ3v) is 4.83. The Bertz CT molecular complexity index is 1140. The monoisotopic (exact) mass is 445 g/mol. The van der Waals surface area contributed by atoms with Crippen molar-refractivity contribution in [2.24, 2.45) is 5.10 Å². The molecule has 154 valence electrons. The summed E-state index contributed by atoms with van der Waals surface area (Å²) in [6.45, 7) is 0.422. The van der Waals surface area contributed by atoms with Gasteiger partial charge < -0.3 is 4.74 Å². The second-order valence-electron chi connectivity index (χ2n) is 5.88. The van der Waals surface area contributed by atoms with Crippen LogP contribution in [0.4, 0.5) is 0 Å². The number of hydrogen-bond acceptors (Lipinski definition) is 7. The number of nitrogens with zero attached hydrogens (tertiary/aromatic N) is 2. The van der Waals surface area contributed by atoms with Gasteiger partial charge in [-0.15, -0.1) is 0 Å². The first kappa shape index (κ1) is 21.3. The zero-order valence-corrected chi connectivity index (χ0v) is 17.0. The number of carbonyl (C=O) groups excluding carboxylic acids is 1. The first-order valence-corrected chi connectivity index (χ1v) is 9.97. The summed E-state index contributed by atoms with van der Waals surface area (Å²) in [4.78, 5) is 36.2. The molecule has 30 heavy (non-hydrogen) atoms. The van der Waals surface area contributed by atoms with E-state index in [9.17, 15) is 14.4 Å². The molecule has 0 atom stereocenters. The molecule has 0 saturated heterocycles. The maximum atomic E-state index is 11.8. The maximum absolute atomic E-state index is 11.8. The minimum Gasteiger partial charge on any atom is -0.489 e. The minimum atomic E-state index is -0.709. The molecule has 0 spiro atoms. The molecule has 0 radical (unpaired) electrons. The first-order valence-electron chi connectivity index (χ1n) is 8.60. The summed E-state index contributed by atoms with van der Waals surface area (Å²) in [6, 6.07) is 14.6. The van der Waals surface area contributed by atoms with Gasteiger partial charge in [0.1, 0.15) is 12.4 Å². The van der Waals surface area contributed by atoms with E-state index in [4.69, 9.17) is 16.3 Å². The molecule has 1 amide bonds. The fourth-order valence-electron chi connectivity index (χ4n) is 2.18. The van der Waals surface area contributed by atoms with E-state index in [1.54, 1.807) is 24.3 Å². The number of hydrazone groups is 1. The predicted molar refractivity (Wildman–Crippen MR) is 114 cm³/mol. The third kappa shape index (κ3) is 6.61. The summed E-state index contributed by atoms with van der Waals surface area (Å²) in [5.41, 5.74) is 2.76. The first-order chi connectivity index (χ1) is 14.5. The fraction of sp³-hybridized carbons (Fsp3) is 0.105. The predicted octanol–water partition coefficient (Wildman–Crippen LogP) is 1.93. The number of thioether (sulfide) groups is 1. The van der Waals surface area contributed by atoms with Crippen molar-refractivity contribution in [1.29, 1.82) is 0 Å². The van der Waals surface area contributed by atoms with Gasteiger partial charge in [0.2, 0.25) is 5.91 Å². The van der Waals surface area contributed by atoms with Crippen molar-refractivity contribution < 1.29 is 9.53 Å². The Morgan fingerprint density at radius 3 is 2.60 bits per heavy atom. The van der Waals surface area contributed by atoms with Crippen LogP contribution in [0.2, 0.25) is 5.02 Å². The number of carbonyl (C=O) groups is 1. The van der Waals surface area contributed by atoms with Gasteiger partial charge in [0.05, 0.1) is 12.0 Å². The molecular weight excluding hydrogens is 430 g/mol. The van der Waals surface area contributed by atoms with E-state index < -0.39 is 17.2 Å². The highest BCUT2D eigenvalue weighted by Crippen LogP contribution is 2.15. The average molecular weight is 446 g/mol. The molecule has 3 N–H and O–H groups in total. The molecule has 1 heterocycles. The second kappa shape index (κ2) is 10.4. The molecule has 0 saturated carbocycles. The van der Waals surface area contributed by atoms with Crippen LogP contribution in [0.1, 0.15) is 11.1 Å². The largest absolute Gasteiger partial charge is 0.489 e. The Labute approximate surface area is 179 Å². The number of ether oxygens (including phenoxy) is 1. The number of amides is 1. The van der Waals surface area contributed by atoms with Gasteiger partial charge in [-0.2, -0.15) is 10.2 Å². The maximum Gasteiger partial charge on any atom is 0.342 e. The van der Waals surface area contributed by atoms with Crippen molar-refractivity contribution in [3.05, 3.63) is 85.5 Å². The minimum absolute atomic E-state index is 0.0112. The van der Waals surface area contributed by atoms with Crippen molar-refractivity contribution in [2.45, 2.75) is 11.6 Å². The Morgan fingerprint density at radius 1 is 1.17 bits per heavy atom. The van der Waals surface area contributed by atoms with Crippen molar-refractivity contribution in [2.75, 3.05) is 5.75 Å². The highest BCUT2D eigenvalue weighted by Gasteiger charge is 2.07. The molecule has 0 fully saturated rings. The van der Waals surface area contributed by atoms with Crippen molar-refractivity contribution >= 4 is 35.5 Å². The van der Waals surface area contributed by atoms with Gasteiger partial charge in [-0.3, -0.25) is 14.6 Å². The highest BCUT2D eigenvalue weighted by molar-refractivity contribution is 7.99. The molecule has 2 aromatic carbocycles. The van der Waals surface area contributed by atoms with E-state index >= 15 is 0 Å². The van der Waals surface area contributed by atoms with Crippen LogP contribution < -0.4 is 21.4 Å². The normalized spacial score (nSPS) is 10.8. The Hall–Kier alpha value is -3.37. The lowest BCUT2D eigenvalue weighted by atomic mass is 10.2. The lowest BCUT2D eigenvalue weighted by Crippen LogP contribution is -2.26. The van der Waals surface area contributed by atoms with Crippen LogP contribution >= 0.6 is 23.4 Å². The summed E-state index contributed by atoms with van der Waals surface area (Å²) >= 11 is 6.74. The van der Waals surface area contributed by atoms with Crippen LogP contribution in [0.5, 0.6) is 5.75 Å². The highest BCUT2D eigenvalue weighted by atomic mass is 35.5. The molecule has 1 aromatic heterocycles.